The maximum Gasteiger partial charge on any atom is 0.223 e. The van der Waals surface area contributed by atoms with Crippen molar-refractivity contribution in [2.75, 3.05) is 0 Å². The molecule has 7 nitrogen and oxygen atoms in total. The van der Waals surface area contributed by atoms with Gasteiger partial charge in [0.1, 0.15) is 5.69 Å². The summed E-state index contributed by atoms with van der Waals surface area (Å²) in [6, 6.07) is 4.53. The summed E-state index contributed by atoms with van der Waals surface area (Å²) in [5.74, 6) is -0.983. The molecule has 1 rings (SSSR count). The van der Waals surface area contributed by atoms with Crippen molar-refractivity contribution < 1.29 is 9.90 Å². The van der Waals surface area contributed by atoms with E-state index in [2.05, 4.69) is 9.98 Å². The van der Waals surface area contributed by atoms with Crippen LogP contribution in [0.2, 0.25) is 0 Å². The van der Waals surface area contributed by atoms with Gasteiger partial charge in [-0.25, -0.2) is 4.99 Å². The van der Waals surface area contributed by atoms with Gasteiger partial charge in [0.15, 0.2) is 17.5 Å². The Labute approximate surface area is 97.7 Å². The fourth-order valence-corrected chi connectivity index (χ4v) is 1.19. The van der Waals surface area contributed by atoms with Gasteiger partial charge in [-0.15, -0.1) is 0 Å². The van der Waals surface area contributed by atoms with Gasteiger partial charge < -0.3 is 22.3 Å². The third-order valence-electron chi connectivity index (χ3n) is 1.87. The minimum absolute atomic E-state index is 0.125. The highest BCUT2D eigenvalue weighted by atomic mass is 16.3. The van der Waals surface area contributed by atoms with Crippen molar-refractivity contribution in [3.05, 3.63) is 23.8 Å². The Hall–Kier alpha value is -2.57. The molecule has 90 valence electrons. The molecule has 7 heteroatoms. The zero-order valence-corrected chi connectivity index (χ0v) is 9.21. The summed E-state index contributed by atoms with van der Waals surface area (Å²) in [4.78, 5) is 18.5. The second-order valence-electron chi connectivity index (χ2n) is 3.24. The zero-order valence-electron chi connectivity index (χ0n) is 9.21. The number of aliphatic imine (C=N–C) groups is 2. The average Bonchev–Trinajstić information content (AvgIpc) is 2.19. The number of rotatable bonds is 2. The summed E-state index contributed by atoms with van der Waals surface area (Å²) in [6.07, 6.45) is 0. The van der Waals surface area contributed by atoms with Gasteiger partial charge in [0.2, 0.25) is 5.96 Å². The van der Waals surface area contributed by atoms with Gasteiger partial charge in [-0.1, -0.05) is 6.07 Å². The van der Waals surface area contributed by atoms with Crippen molar-refractivity contribution >= 4 is 23.4 Å². The predicted molar refractivity (Wildman–Crippen MR) is 65.2 cm³/mol. The van der Waals surface area contributed by atoms with E-state index in [0.29, 0.717) is 0 Å². The molecule has 0 saturated carbocycles. The number of ketones is 1. The normalized spacial score (nSPS) is 11.0. The lowest BCUT2D eigenvalue weighted by molar-refractivity contribution is 0.101. The van der Waals surface area contributed by atoms with Crippen molar-refractivity contribution in [3.63, 3.8) is 0 Å². The van der Waals surface area contributed by atoms with E-state index in [0.717, 1.165) is 0 Å². The number of carbonyl (C=O) groups is 1. The molecule has 1 aromatic carbocycles. The molecule has 1 aromatic rings. The number of hydrogen-bond donors (Lipinski definition) is 4. The number of hydrogen-bond acceptors (Lipinski definition) is 3. The third-order valence-corrected chi connectivity index (χ3v) is 1.87. The number of carbonyl (C=O) groups excluding carboxylic acids is 1. The van der Waals surface area contributed by atoms with Crippen LogP contribution in [-0.2, 0) is 0 Å². The number of aromatic hydroxyl groups is 1. The summed E-state index contributed by atoms with van der Waals surface area (Å²) in [7, 11) is 0. The van der Waals surface area contributed by atoms with Crippen molar-refractivity contribution in [1.29, 1.82) is 0 Å². The van der Waals surface area contributed by atoms with E-state index in [-0.39, 0.29) is 34.7 Å². The molecule has 0 saturated heterocycles. The molecule has 17 heavy (non-hydrogen) atoms. The number of nitrogens with two attached hydrogens (primary N) is 3. The Kier molecular flexibility index (Phi) is 3.66. The van der Waals surface area contributed by atoms with Gasteiger partial charge in [-0.2, -0.15) is 4.99 Å². The molecule has 0 atom stereocenters. The number of para-hydroxylation sites is 1. The standard InChI is InChI=1S/C10H13N5O2/c1-5(16)6-3-2-4-7(8(6)17)14-10(13)15-9(11)12/h2-4,17H,1H3,(H6,11,12,13,14,15). The van der Waals surface area contributed by atoms with E-state index in [9.17, 15) is 9.90 Å². The highest BCUT2D eigenvalue weighted by Gasteiger charge is 2.10. The third kappa shape index (κ3) is 3.20. The van der Waals surface area contributed by atoms with Crippen LogP contribution >= 0.6 is 0 Å². The Bertz CT molecular complexity index is 503. The van der Waals surface area contributed by atoms with Crippen molar-refractivity contribution in [2.24, 2.45) is 27.2 Å². The number of benzene rings is 1. The molecule has 0 aliphatic rings. The van der Waals surface area contributed by atoms with E-state index in [1.54, 1.807) is 6.07 Å². The quantitative estimate of drug-likeness (QED) is 0.319. The lowest BCUT2D eigenvalue weighted by atomic mass is 10.1. The molecule has 0 aliphatic carbocycles. The summed E-state index contributed by atoms with van der Waals surface area (Å²) < 4.78 is 0. The molecular formula is C10H13N5O2. The number of nitrogens with zero attached hydrogens (tertiary/aromatic N) is 2. The second kappa shape index (κ2) is 4.97. The van der Waals surface area contributed by atoms with E-state index in [1.165, 1.54) is 19.1 Å². The highest BCUT2D eigenvalue weighted by Crippen LogP contribution is 2.30. The fraction of sp³-hybridized carbons (Fsp3) is 0.100. The van der Waals surface area contributed by atoms with Crippen LogP contribution in [0, 0.1) is 0 Å². The first-order chi connectivity index (χ1) is 7.91. The van der Waals surface area contributed by atoms with Gasteiger partial charge in [0, 0.05) is 0 Å². The van der Waals surface area contributed by atoms with Gasteiger partial charge in [0.25, 0.3) is 0 Å². The van der Waals surface area contributed by atoms with Crippen LogP contribution in [-0.4, -0.2) is 22.8 Å². The number of phenols is 1. The maximum absolute atomic E-state index is 11.2. The summed E-state index contributed by atoms with van der Waals surface area (Å²) >= 11 is 0. The van der Waals surface area contributed by atoms with Crippen molar-refractivity contribution in [1.82, 2.24) is 0 Å². The number of Topliss-reactive ketones (excluding diaryl/α,β-unsaturated/α-hetero) is 1. The smallest absolute Gasteiger partial charge is 0.223 e. The first-order valence-electron chi connectivity index (χ1n) is 4.68. The van der Waals surface area contributed by atoms with Crippen molar-refractivity contribution in [2.45, 2.75) is 6.92 Å². The van der Waals surface area contributed by atoms with Crippen LogP contribution in [0.4, 0.5) is 5.69 Å². The SMILES string of the molecule is CC(=O)c1cccc(N=C(N)N=C(N)N)c1O. The molecule has 0 fully saturated rings. The molecule has 0 amide bonds. The average molecular weight is 235 g/mol. The molecule has 0 radical (unpaired) electrons. The Balaban J connectivity index is 3.21. The summed E-state index contributed by atoms with van der Waals surface area (Å²) in [6.45, 7) is 1.34. The van der Waals surface area contributed by atoms with Gasteiger partial charge in [0.05, 0.1) is 5.56 Å². The summed E-state index contributed by atoms with van der Waals surface area (Å²) in [5.41, 5.74) is 15.9. The van der Waals surface area contributed by atoms with Crippen LogP contribution in [0.3, 0.4) is 0 Å². The van der Waals surface area contributed by atoms with E-state index >= 15 is 0 Å². The summed E-state index contributed by atoms with van der Waals surface area (Å²) in [5, 5.41) is 9.75. The van der Waals surface area contributed by atoms with Crippen LogP contribution < -0.4 is 17.2 Å². The Morgan fingerprint density at radius 1 is 1.29 bits per heavy atom. The van der Waals surface area contributed by atoms with E-state index < -0.39 is 0 Å². The second-order valence-corrected chi connectivity index (χ2v) is 3.24. The van der Waals surface area contributed by atoms with E-state index in [1.807, 2.05) is 0 Å². The molecule has 0 heterocycles. The Morgan fingerprint density at radius 2 is 1.94 bits per heavy atom. The lowest BCUT2D eigenvalue weighted by Gasteiger charge is -2.03. The molecule has 0 aromatic heterocycles. The lowest BCUT2D eigenvalue weighted by Crippen LogP contribution is -2.26. The largest absolute Gasteiger partial charge is 0.505 e. The van der Waals surface area contributed by atoms with Crippen LogP contribution in [0.15, 0.2) is 28.2 Å². The van der Waals surface area contributed by atoms with Gasteiger partial charge >= 0.3 is 0 Å². The zero-order chi connectivity index (χ0) is 13.0. The molecule has 0 aliphatic heterocycles. The fourth-order valence-electron chi connectivity index (χ4n) is 1.19. The van der Waals surface area contributed by atoms with Crippen LogP contribution in [0.1, 0.15) is 17.3 Å². The topological polar surface area (TPSA) is 140 Å². The molecule has 7 N–H and O–H groups in total. The maximum atomic E-state index is 11.2. The van der Waals surface area contributed by atoms with Crippen molar-refractivity contribution in [3.8, 4) is 5.75 Å². The first kappa shape index (κ1) is 12.5. The number of guanidine groups is 2. The monoisotopic (exact) mass is 235 g/mol. The molecule has 0 bridgehead atoms. The van der Waals surface area contributed by atoms with Crippen LogP contribution in [0.5, 0.6) is 5.75 Å². The predicted octanol–water partition coefficient (Wildman–Crippen LogP) is -0.186. The molecular weight excluding hydrogens is 222 g/mol. The first-order valence-corrected chi connectivity index (χ1v) is 4.68. The minimum atomic E-state index is -0.278. The van der Waals surface area contributed by atoms with Gasteiger partial charge in [-0.05, 0) is 19.1 Å². The minimum Gasteiger partial charge on any atom is -0.505 e. The Morgan fingerprint density at radius 3 is 2.47 bits per heavy atom. The molecule has 0 unspecified atom stereocenters. The highest BCUT2D eigenvalue weighted by molar-refractivity contribution is 5.99. The van der Waals surface area contributed by atoms with Crippen LogP contribution in [0.25, 0.3) is 0 Å². The number of phenolic OH excluding ortho intramolecular Hbond substituents is 1. The van der Waals surface area contributed by atoms with E-state index in [4.69, 9.17) is 17.2 Å². The van der Waals surface area contributed by atoms with Gasteiger partial charge in [-0.3, -0.25) is 4.79 Å². The molecule has 0 spiro atoms.